The van der Waals surface area contributed by atoms with Crippen molar-refractivity contribution >= 4 is 34.6 Å². The lowest BCUT2D eigenvalue weighted by atomic mass is 10.1. The minimum Gasteiger partial charge on any atom is -0.445 e. The molecule has 1 aliphatic heterocycles. The number of carbonyl (C=O) groups excluding carboxylic acids is 1. The Balaban J connectivity index is 1.46. The first-order chi connectivity index (χ1) is 18.0. The molecule has 2 N–H and O–H groups in total. The number of ether oxygens (including phenoxy) is 2. The maximum atomic E-state index is 11.9. The smallest absolute Gasteiger partial charge is 0.411 e. The van der Waals surface area contributed by atoms with Gasteiger partial charge in [0.1, 0.15) is 12.4 Å². The highest BCUT2D eigenvalue weighted by atomic mass is 32.1. The molecule has 8 nitrogen and oxygen atoms in total. The van der Waals surface area contributed by atoms with Gasteiger partial charge in [0.15, 0.2) is 0 Å². The Morgan fingerprint density at radius 3 is 2.81 bits per heavy atom. The number of benzene rings is 1. The highest BCUT2D eigenvalue weighted by Gasteiger charge is 2.15. The minimum atomic E-state index is -0.504. The Bertz CT molecular complexity index is 1210. The second kappa shape index (κ2) is 13.2. The number of amides is 1. The molecule has 196 valence electrons. The average molecular weight is 522 g/mol. The first-order valence-corrected chi connectivity index (χ1v) is 13.5. The Morgan fingerprint density at radius 2 is 2.05 bits per heavy atom. The summed E-state index contributed by atoms with van der Waals surface area (Å²) in [4.78, 5) is 25.3. The molecule has 0 bridgehead atoms. The van der Waals surface area contributed by atoms with Gasteiger partial charge in [0.2, 0.25) is 0 Å². The SMILES string of the molecule is C=CCOC(=O)Nc1cccc(CNc2cc(N3CCOCC3)cc(CCc3nc(C)c(CC)s3)n2)c1. The predicted molar refractivity (Wildman–Crippen MR) is 150 cm³/mol. The number of thiazole rings is 1. The van der Waals surface area contributed by atoms with Crippen LogP contribution in [0.3, 0.4) is 0 Å². The summed E-state index contributed by atoms with van der Waals surface area (Å²) < 4.78 is 10.6. The summed E-state index contributed by atoms with van der Waals surface area (Å²) in [5.41, 5.74) is 5.03. The van der Waals surface area contributed by atoms with Crippen molar-refractivity contribution in [1.82, 2.24) is 9.97 Å². The Kier molecular flexibility index (Phi) is 9.51. The van der Waals surface area contributed by atoms with Crippen molar-refractivity contribution in [3.63, 3.8) is 0 Å². The normalized spacial score (nSPS) is 13.3. The Hall–Kier alpha value is -3.43. The number of anilines is 3. The second-order valence-electron chi connectivity index (χ2n) is 8.84. The van der Waals surface area contributed by atoms with E-state index in [2.05, 4.69) is 48.1 Å². The zero-order chi connectivity index (χ0) is 26.0. The van der Waals surface area contributed by atoms with E-state index in [-0.39, 0.29) is 6.61 Å². The number of pyridine rings is 1. The van der Waals surface area contributed by atoms with Crippen LogP contribution in [-0.2, 0) is 35.3 Å². The van der Waals surface area contributed by atoms with Crippen molar-refractivity contribution in [2.24, 2.45) is 0 Å². The van der Waals surface area contributed by atoms with Gasteiger partial charge < -0.3 is 19.7 Å². The summed E-state index contributed by atoms with van der Waals surface area (Å²) in [7, 11) is 0. The van der Waals surface area contributed by atoms with E-state index in [1.807, 2.05) is 35.6 Å². The van der Waals surface area contributed by atoms with Crippen molar-refractivity contribution in [3.05, 3.63) is 75.9 Å². The summed E-state index contributed by atoms with van der Waals surface area (Å²) in [6, 6.07) is 12.0. The van der Waals surface area contributed by atoms with Crippen LogP contribution in [0.1, 0.15) is 33.8 Å². The van der Waals surface area contributed by atoms with Crippen molar-refractivity contribution in [2.45, 2.75) is 39.7 Å². The molecule has 9 heteroatoms. The molecule has 0 atom stereocenters. The molecule has 3 aromatic rings. The molecular weight excluding hydrogens is 486 g/mol. The molecule has 0 radical (unpaired) electrons. The maximum absolute atomic E-state index is 11.9. The zero-order valence-corrected chi connectivity index (χ0v) is 22.4. The first-order valence-electron chi connectivity index (χ1n) is 12.7. The van der Waals surface area contributed by atoms with Crippen LogP contribution in [0.15, 0.2) is 49.1 Å². The summed E-state index contributed by atoms with van der Waals surface area (Å²) >= 11 is 1.81. The molecule has 1 fully saturated rings. The molecule has 0 saturated carbocycles. The van der Waals surface area contributed by atoms with Crippen LogP contribution in [0.2, 0.25) is 0 Å². The number of morpholine rings is 1. The standard InChI is InChI=1S/C28H35N5O3S/c1-4-13-36-28(34)32-22-8-6-7-21(16-22)19-29-26-18-24(33-11-14-35-15-12-33)17-23(31-26)9-10-27-30-20(3)25(5-2)37-27/h4,6-8,16-18H,1,5,9-15,19H2,2-3H3,(H,29,31)(H,32,34). The number of hydrogen-bond donors (Lipinski definition) is 2. The molecule has 1 aromatic carbocycles. The topological polar surface area (TPSA) is 88.6 Å². The van der Waals surface area contributed by atoms with E-state index in [0.29, 0.717) is 12.2 Å². The molecule has 4 rings (SSSR count). The lowest BCUT2D eigenvalue weighted by Crippen LogP contribution is -2.36. The quantitative estimate of drug-likeness (QED) is 0.328. The molecule has 0 spiro atoms. The van der Waals surface area contributed by atoms with Crippen molar-refractivity contribution in [3.8, 4) is 0 Å². The molecule has 37 heavy (non-hydrogen) atoms. The van der Waals surface area contributed by atoms with E-state index >= 15 is 0 Å². The van der Waals surface area contributed by atoms with Crippen LogP contribution in [0.5, 0.6) is 0 Å². The molecule has 1 aliphatic rings. The fourth-order valence-electron chi connectivity index (χ4n) is 4.19. The largest absolute Gasteiger partial charge is 0.445 e. The number of aromatic nitrogens is 2. The second-order valence-corrected chi connectivity index (χ2v) is 10.0. The monoisotopic (exact) mass is 521 g/mol. The molecule has 3 heterocycles. The van der Waals surface area contributed by atoms with Crippen LogP contribution in [0, 0.1) is 6.92 Å². The highest BCUT2D eigenvalue weighted by Crippen LogP contribution is 2.24. The van der Waals surface area contributed by atoms with Crippen molar-refractivity contribution in [2.75, 3.05) is 48.4 Å². The minimum absolute atomic E-state index is 0.169. The third kappa shape index (κ3) is 7.77. The van der Waals surface area contributed by atoms with Crippen LogP contribution < -0.4 is 15.5 Å². The number of nitrogens with zero attached hydrogens (tertiary/aromatic N) is 3. The highest BCUT2D eigenvalue weighted by molar-refractivity contribution is 7.11. The van der Waals surface area contributed by atoms with Crippen molar-refractivity contribution in [1.29, 1.82) is 0 Å². The number of rotatable bonds is 11. The number of nitrogens with one attached hydrogen (secondary N) is 2. The van der Waals surface area contributed by atoms with E-state index in [1.165, 1.54) is 16.0 Å². The van der Waals surface area contributed by atoms with E-state index in [9.17, 15) is 4.79 Å². The third-order valence-electron chi connectivity index (χ3n) is 6.07. The maximum Gasteiger partial charge on any atom is 0.411 e. The van der Waals surface area contributed by atoms with Gasteiger partial charge in [-0.15, -0.1) is 11.3 Å². The number of hydrogen-bond acceptors (Lipinski definition) is 8. The number of aryl methyl sites for hydroxylation is 4. The summed E-state index contributed by atoms with van der Waals surface area (Å²) in [5.74, 6) is 0.826. The average Bonchev–Trinajstić information content (AvgIpc) is 3.29. The van der Waals surface area contributed by atoms with Gasteiger partial charge in [-0.25, -0.2) is 14.8 Å². The van der Waals surface area contributed by atoms with Gasteiger partial charge in [-0.1, -0.05) is 31.7 Å². The van der Waals surface area contributed by atoms with Crippen LogP contribution >= 0.6 is 11.3 Å². The van der Waals surface area contributed by atoms with Crippen LogP contribution in [0.4, 0.5) is 22.0 Å². The van der Waals surface area contributed by atoms with E-state index in [0.717, 1.165) is 74.0 Å². The molecule has 0 aliphatic carbocycles. The third-order valence-corrected chi connectivity index (χ3v) is 7.43. The molecule has 1 saturated heterocycles. The fraction of sp³-hybridized carbons (Fsp3) is 0.393. The first kappa shape index (κ1) is 26.6. The summed E-state index contributed by atoms with van der Waals surface area (Å²) in [6.45, 7) is 11.7. The van der Waals surface area contributed by atoms with Crippen molar-refractivity contribution < 1.29 is 14.3 Å². The lowest BCUT2D eigenvalue weighted by molar-refractivity contribution is 0.122. The molecular formula is C28H35N5O3S. The van der Waals surface area contributed by atoms with Gasteiger partial charge in [-0.05, 0) is 43.5 Å². The van der Waals surface area contributed by atoms with Gasteiger partial charge in [-0.3, -0.25) is 5.32 Å². The van der Waals surface area contributed by atoms with Gasteiger partial charge in [0.25, 0.3) is 0 Å². The molecule has 2 aromatic heterocycles. The van der Waals surface area contributed by atoms with Gasteiger partial charge in [0, 0.05) is 54.1 Å². The molecule has 0 unspecified atom stereocenters. The van der Waals surface area contributed by atoms with Gasteiger partial charge in [-0.2, -0.15) is 0 Å². The number of carbonyl (C=O) groups is 1. The van der Waals surface area contributed by atoms with Gasteiger partial charge >= 0.3 is 6.09 Å². The Morgan fingerprint density at radius 1 is 1.22 bits per heavy atom. The van der Waals surface area contributed by atoms with E-state index in [1.54, 1.807) is 0 Å². The van der Waals surface area contributed by atoms with Crippen LogP contribution in [0.25, 0.3) is 0 Å². The summed E-state index contributed by atoms with van der Waals surface area (Å²) in [5, 5.41) is 7.38. The fourth-order valence-corrected chi connectivity index (χ4v) is 5.20. The lowest BCUT2D eigenvalue weighted by Gasteiger charge is -2.29. The zero-order valence-electron chi connectivity index (χ0n) is 21.6. The predicted octanol–water partition coefficient (Wildman–Crippen LogP) is 5.38. The van der Waals surface area contributed by atoms with E-state index < -0.39 is 6.09 Å². The summed E-state index contributed by atoms with van der Waals surface area (Å²) in [6.07, 6.45) is 3.76. The van der Waals surface area contributed by atoms with E-state index in [4.69, 9.17) is 19.4 Å². The van der Waals surface area contributed by atoms with Crippen LogP contribution in [-0.4, -0.2) is 49.0 Å². The molecule has 1 amide bonds. The van der Waals surface area contributed by atoms with Gasteiger partial charge in [0.05, 0.1) is 23.9 Å². The Labute approximate surface area is 222 Å².